The first kappa shape index (κ1) is 18.8. The molecule has 0 spiro atoms. The van der Waals surface area contributed by atoms with E-state index in [4.69, 9.17) is 14.2 Å². The molecule has 0 rings (SSSR count). The summed E-state index contributed by atoms with van der Waals surface area (Å²) in [4.78, 5) is 0. The van der Waals surface area contributed by atoms with Crippen LogP contribution < -0.4 is 0 Å². The van der Waals surface area contributed by atoms with Gasteiger partial charge in [-0.25, -0.2) is 0 Å². The number of aliphatic hydroxyl groups excluding tert-OH is 2. The lowest BCUT2D eigenvalue weighted by atomic mass is 10.3. The third-order valence-corrected chi connectivity index (χ3v) is 2.53. The monoisotopic (exact) mass is 278 g/mol. The van der Waals surface area contributed by atoms with Gasteiger partial charge in [-0.05, 0) is 12.8 Å². The molecule has 2 N–H and O–H groups in total. The fourth-order valence-corrected chi connectivity index (χ4v) is 1.37. The lowest BCUT2D eigenvalue weighted by molar-refractivity contribution is -0.0565. The predicted molar refractivity (Wildman–Crippen MR) is 74.3 cm³/mol. The predicted octanol–water partition coefficient (Wildman–Crippen LogP) is 1.36. The number of hydrogen-bond donors (Lipinski definition) is 2. The van der Waals surface area contributed by atoms with E-state index in [1.54, 1.807) is 0 Å². The molecule has 2 atom stereocenters. The number of aliphatic hydroxyl groups is 2. The Hall–Kier alpha value is -0.200. The fourth-order valence-electron chi connectivity index (χ4n) is 1.37. The number of hydrogen-bond acceptors (Lipinski definition) is 5. The maximum atomic E-state index is 9.54. The number of rotatable bonds is 14. The molecule has 0 aromatic heterocycles. The van der Waals surface area contributed by atoms with Gasteiger partial charge in [0.15, 0.2) is 0 Å². The van der Waals surface area contributed by atoms with Crippen molar-refractivity contribution in [3.63, 3.8) is 0 Å². The molecule has 0 fully saturated rings. The van der Waals surface area contributed by atoms with Crippen LogP contribution in [0.3, 0.4) is 0 Å². The van der Waals surface area contributed by atoms with E-state index >= 15 is 0 Å². The minimum atomic E-state index is -0.634. The highest BCUT2D eigenvalue weighted by molar-refractivity contribution is 4.55. The molecule has 0 saturated carbocycles. The van der Waals surface area contributed by atoms with Gasteiger partial charge >= 0.3 is 0 Å². The highest BCUT2D eigenvalue weighted by Gasteiger charge is 2.08. The lowest BCUT2D eigenvalue weighted by Crippen LogP contribution is -2.27. The molecule has 0 amide bonds. The van der Waals surface area contributed by atoms with E-state index in [0.29, 0.717) is 13.2 Å². The second-order valence-corrected chi connectivity index (χ2v) is 4.70. The minimum Gasteiger partial charge on any atom is -0.388 e. The largest absolute Gasteiger partial charge is 0.388 e. The SMILES string of the molecule is CCCCOCC(O)COCC(O)COCCCC. The summed E-state index contributed by atoms with van der Waals surface area (Å²) in [5, 5.41) is 19.1. The molecular weight excluding hydrogens is 248 g/mol. The van der Waals surface area contributed by atoms with E-state index in [0.717, 1.165) is 25.7 Å². The summed E-state index contributed by atoms with van der Waals surface area (Å²) in [6.45, 7) is 6.44. The van der Waals surface area contributed by atoms with Crippen molar-refractivity contribution in [2.24, 2.45) is 0 Å². The second kappa shape index (κ2) is 14.2. The standard InChI is InChI=1S/C14H30O5/c1-3-5-7-17-9-13(15)11-19-12-14(16)10-18-8-6-4-2/h13-16H,3-12H2,1-2H3. The first-order valence-electron chi connectivity index (χ1n) is 7.30. The van der Waals surface area contributed by atoms with Crippen LogP contribution in [0.2, 0.25) is 0 Å². The first-order valence-corrected chi connectivity index (χ1v) is 7.30. The zero-order valence-corrected chi connectivity index (χ0v) is 12.3. The fraction of sp³-hybridized carbons (Fsp3) is 1.00. The van der Waals surface area contributed by atoms with Crippen LogP contribution in [0.4, 0.5) is 0 Å². The van der Waals surface area contributed by atoms with Crippen molar-refractivity contribution >= 4 is 0 Å². The zero-order chi connectivity index (χ0) is 14.3. The molecule has 2 unspecified atom stereocenters. The van der Waals surface area contributed by atoms with Crippen LogP contribution in [0.5, 0.6) is 0 Å². The normalized spacial score (nSPS) is 14.5. The van der Waals surface area contributed by atoms with E-state index < -0.39 is 12.2 Å². The van der Waals surface area contributed by atoms with Gasteiger partial charge in [0.2, 0.25) is 0 Å². The first-order chi connectivity index (χ1) is 9.20. The topological polar surface area (TPSA) is 68.2 Å². The highest BCUT2D eigenvalue weighted by atomic mass is 16.5. The summed E-state index contributed by atoms with van der Waals surface area (Å²) in [5.41, 5.74) is 0. The van der Waals surface area contributed by atoms with Crippen molar-refractivity contribution in [2.45, 2.75) is 51.7 Å². The van der Waals surface area contributed by atoms with Crippen LogP contribution in [0.25, 0.3) is 0 Å². The van der Waals surface area contributed by atoms with Crippen molar-refractivity contribution in [1.29, 1.82) is 0 Å². The quantitative estimate of drug-likeness (QED) is 0.470. The summed E-state index contributed by atoms with van der Waals surface area (Å²) >= 11 is 0. The summed E-state index contributed by atoms with van der Waals surface area (Å²) in [6.07, 6.45) is 2.89. The van der Waals surface area contributed by atoms with Crippen molar-refractivity contribution in [3.8, 4) is 0 Å². The van der Waals surface area contributed by atoms with E-state index in [2.05, 4.69) is 13.8 Å². The molecule has 0 aliphatic rings. The van der Waals surface area contributed by atoms with Crippen LogP contribution in [-0.4, -0.2) is 62.1 Å². The molecule has 0 aromatic rings. The number of unbranched alkanes of at least 4 members (excludes halogenated alkanes) is 2. The van der Waals surface area contributed by atoms with Gasteiger partial charge in [0, 0.05) is 13.2 Å². The highest BCUT2D eigenvalue weighted by Crippen LogP contribution is 1.95. The zero-order valence-electron chi connectivity index (χ0n) is 12.3. The van der Waals surface area contributed by atoms with Crippen LogP contribution in [0.15, 0.2) is 0 Å². The summed E-state index contributed by atoms with van der Waals surface area (Å²) < 4.78 is 15.7. The van der Waals surface area contributed by atoms with Crippen LogP contribution >= 0.6 is 0 Å². The van der Waals surface area contributed by atoms with Gasteiger partial charge in [-0.3, -0.25) is 0 Å². The van der Waals surface area contributed by atoms with Gasteiger partial charge in [-0.15, -0.1) is 0 Å². The molecule has 116 valence electrons. The molecule has 0 heterocycles. The molecular formula is C14H30O5. The van der Waals surface area contributed by atoms with Gasteiger partial charge in [0.1, 0.15) is 12.2 Å². The lowest BCUT2D eigenvalue weighted by Gasteiger charge is -2.14. The minimum absolute atomic E-state index is 0.179. The van der Waals surface area contributed by atoms with Gasteiger partial charge < -0.3 is 24.4 Å². The van der Waals surface area contributed by atoms with E-state index in [-0.39, 0.29) is 26.4 Å². The second-order valence-electron chi connectivity index (χ2n) is 4.70. The Kier molecular flexibility index (Phi) is 14.1. The Labute approximate surface area is 116 Å². The van der Waals surface area contributed by atoms with Crippen LogP contribution in [0, 0.1) is 0 Å². The Morgan fingerprint density at radius 3 is 1.42 bits per heavy atom. The van der Waals surface area contributed by atoms with E-state index in [9.17, 15) is 10.2 Å². The van der Waals surface area contributed by atoms with Gasteiger partial charge in [0.05, 0.1) is 26.4 Å². The maximum absolute atomic E-state index is 9.54. The molecule has 5 nitrogen and oxygen atoms in total. The van der Waals surface area contributed by atoms with Crippen molar-refractivity contribution in [1.82, 2.24) is 0 Å². The number of ether oxygens (including phenoxy) is 3. The smallest absolute Gasteiger partial charge is 0.101 e. The van der Waals surface area contributed by atoms with Crippen LogP contribution in [0.1, 0.15) is 39.5 Å². The van der Waals surface area contributed by atoms with Crippen molar-refractivity contribution in [2.75, 3.05) is 39.6 Å². The Morgan fingerprint density at radius 2 is 1.05 bits per heavy atom. The van der Waals surface area contributed by atoms with Crippen molar-refractivity contribution in [3.05, 3.63) is 0 Å². The third-order valence-electron chi connectivity index (χ3n) is 2.53. The summed E-state index contributed by atoms with van der Waals surface area (Å²) in [6, 6.07) is 0. The molecule has 0 bridgehead atoms. The van der Waals surface area contributed by atoms with Crippen molar-refractivity contribution < 1.29 is 24.4 Å². The van der Waals surface area contributed by atoms with Gasteiger partial charge in [-0.2, -0.15) is 0 Å². The Bertz CT molecular complexity index is 159. The molecule has 0 aliphatic heterocycles. The average molecular weight is 278 g/mol. The van der Waals surface area contributed by atoms with E-state index in [1.807, 2.05) is 0 Å². The third kappa shape index (κ3) is 14.0. The molecule has 19 heavy (non-hydrogen) atoms. The molecule has 0 radical (unpaired) electrons. The van der Waals surface area contributed by atoms with Crippen LogP contribution in [-0.2, 0) is 14.2 Å². The molecule has 5 heteroatoms. The summed E-state index contributed by atoms with van der Waals surface area (Å²) in [5.74, 6) is 0. The van der Waals surface area contributed by atoms with Gasteiger partial charge in [0.25, 0.3) is 0 Å². The Balaban J connectivity index is 3.30. The summed E-state index contributed by atoms with van der Waals surface area (Å²) in [7, 11) is 0. The average Bonchev–Trinajstić information content (AvgIpc) is 2.40. The van der Waals surface area contributed by atoms with Gasteiger partial charge in [-0.1, -0.05) is 26.7 Å². The maximum Gasteiger partial charge on any atom is 0.101 e. The Morgan fingerprint density at radius 1 is 0.684 bits per heavy atom. The van der Waals surface area contributed by atoms with E-state index in [1.165, 1.54) is 0 Å². The molecule has 0 aromatic carbocycles. The molecule has 0 saturated heterocycles. The molecule has 0 aliphatic carbocycles.